The van der Waals surface area contributed by atoms with Gasteiger partial charge in [0.15, 0.2) is 0 Å². The van der Waals surface area contributed by atoms with Crippen LogP contribution in [0.25, 0.3) is 11.3 Å². The zero-order valence-electron chi connectivity index (χ0n) is 23.2. The molecule has 35 heavy (non-hydrogen) atoms. The molecule has 2 aromatic rings. The molecule has 194 valence electrons. The first-order valence-electron chi connectivity index (χ1n) is 13.2. The van der Waals surface area contributed by atoms with Crippen LogP contribution >= 0.6 is 0 Å². The van der Waals surface area contributed by atoms with Gasteiger partial charge in [0.05, 0.1) is 11.8 Å². The summed E-state index contributed by atoms with van der Waals surface area (Å²) in [4.78, 5) is 18.1. The molecule has 1 unspecified atom stereocenters. The number of nitrogens with zero attached hydrogens (tertiary/aromatic N) is 2. The van der Waals surface area contributed by atoms with Gasteiger partial charge in [0.2, 0.25) is 5.91 Å². The highest BCUT2D eigenvalue weighted by atomic mass is 16.3. The predicted octanol–water partition coefficient (Wildman–Crippen LogP) is 5.75. The molecule has 0 saturated heterocycles. The fourth-order valence-electron chi connectivity index (χ4n) is 4.74. The molecule has 3 rings (SSSR count). The number of amides is 1. The van der Waals surface area contributed by atoms with Crippen LogP contribution in [0, 0.1) is 6.92 Å². The van der Waals surface area contributed by atoms with Gasteiger partial charge in [-0.15, -0.1) is 0 Å². The maximum absolute atomic E-state index is 11.7. The van der Waals surface area contributed by atoms with Crippen molar-refractivity contribution in [1.82, 2.24) is 9.88 Å². The maximum Gasteiger partial charge on any atom is 0.242 e. The molecule has 5 heteroatoms. The molecule has 0 radical (unpaired) electrons. The Morgan fingerprint density at radius 3 is 2.11 bits per heavy atom. The van der Waals surface area contributed by atoms with Gasteiger partial charge in [-0.25, -0.2) is 0 Å². The van der Waals surface area contributed by atoms with Crippen molar-refractivity contribution in [3.05, 3.63) is 53.2 Å². The van der Waals surface area contributed by atoms with E-state index in [0.717, 1.165) is 24.2 Å². The van der Waals surface area contributed by atoms with E-state index in [1.807, 2.05) is 13.8 Å². The number of carbonyl (C=O) groups excluding carboxylic acids is 1. The minimum atomic E-state index is -0.784. The van der Waals surface area contributed by atoms with Crippen molar-refractivity contribution < 1.29 is 9.90 Å². The summed E-state index contributed by atoms with van der Waals surface area (Å²) >= 11 is 0. The Labute approximate surface area is 213 Å². The second-order valence-corrected chi connectivity index (χ2v) is 11.3. The molecule has 0 spiro atoms. The van der Waals surface area contributed by atoms with E-state index in [1.54, 1.807) is 11.8 Å². The molecule has 0 bridgehead atoms. The lowest BCUT2D eigenvalue weighted by Crippen LogP contribution is -2.49. The van der Waals surface area contributed by atoms with Crippen molar-refractivity contribution in [2.45, 2.75) is 104 Å². The average Bonchev–Trinajstić information content (AvgIpc) is 2.81. The van der Waals surface area contributed by atoms with Crippen molar-refractivity contribution in [2.24, 2.45) is 5.73 Å². The summed E-state index contributed by atoms with van der Waals surface area (Å²) in [6.07, 6.45) is 3.56. The van der Waals surface area contributed by atoms with Crippen LogP contribution in [-0.2, 0) is 15.6 Å². The number of aromatic nitrogens is 1. The van der Waals surface area contributed by atoms with Gasteiger partial charge in [-0.3, -0.25) is 9.78 Å². The van der Waals surface area contributed by atoms with Crippen LogP contribution in [0.15, 0.2) is 36.4 Å². The monoisotopic (exact) mass is 481 g/mol. The third-order valence-electron chi connectivity index (χ3n) is 7.14. The Morgan fingerprint density at radius 2 is 1.60 bits per heavy atom. The zero-order chi connectivity index (χ0) is 26.4. The van der Waals surface area contributed by atoms with E-state index in [1.165, 1.54) is 29.5 Å². The van der Waals surface area contributed by atoms with Crippen LogP contribution in [0.4, 0.5) is 0 Å². The first-order valence-corrected chi connectivity index (χ1v) is 13.2. The summed E-state index contributed by atoms with van der Waals surface area (Å²) in [5.41, 5.74) is 12.5. The quantitative estimate of drug-likeness (QED) is 0.528. The lowest BCUT2D eigenvalue weighted by molar-refractivity contribution is -0.134. The standard InChI is InChI=1S/C20H25N.C10H22N2O2/c1-14-7-6-8-18(21-14)15-9-10-16-17(13-15)20(4,5)12-11-19(16,2)3;1-4-6-12(7-5-2)10(14)9(11)8(3)13/h6-10,13H,11-12H2,1-5H3;8-9,13H,4-7,11H2,1-3H3/t;8-,9?/m.1/s1. The van der Waals surface area contributed by atoms with Crippen LogP contribution in [0.5, 0.6) is 0 Å². The van der Waals surface area contributed by atoms with E-state index in [0.29, 0.717) is 13.1 Å². The van der Waals surface area contributed by atoms with Crippen LogP contribution in [0.3, 0.4) is 0 Å². The minimum Gasteiger partial charge on any atom is -0.391 e. The molecular weight excluding hydrogens is 434 g/mol. The number of hydrogen-bond donors (Lipinski definition) is 2. The molecule has 0 fully saturated rings. The minimum absolute atomic E-state index is 0.149. The third kappa shape index (κ3) is 7.37. The lowest BCUT2D eigenvalue weighted by atomic mass is 9.63. The predicted molar refractivity (Wildman–Crippen MR) is 147 cm³/mol. The molecule has 1 aliphatic carbocycles. The van der Waals surface area contributed by atoms with Gasteiger partial charge in [-0.1, -0.05) is 59.7 Å². The number of benzene rings is 1. The van der Waals surface area contributed by atoms with Gasteiger partial charge in [-0.2, -0.15) is 0 Å². The normalized spacial score (nSPS) is 17.4. The van der Waals surface area contributed by atoms with Gasteiger partial charge >= 0.3 is 0 Å². The van der Waals surface area contributed by atoms with Crippen LogP contribution < -0.4 is 5.73 Å². The van der Waals surface area contributed by atoms with E-state index < -0.39 is 12.1 Å². The smallest absolute Gasteiger partial charge is 0.242 e. The molecular formula is C30H47N3O2. The lowest BCUT2D eigenvalue weighted by Gasteiger charge is -2.42. The SMILES string of the molecule is CCCN(CCC)C(=O)C(N)[C@@H](C)O.Cc1cccc(-c2ccc3c(c2)C(C)(C)CCC3(C)C)n1. The molecule has 1 heterocycles. The Hall–Kier alpha value is -2.24. The van der Waals surface area contributed by atoms with Gasteiger partial charge in [0.25, 0.3) is 0 Å². The second kappa shape index (κ2) is 12.1. The summed E-state index contributed by atoms with van der Waals surface area (Å²) in [6.45, 7) is 18.5. The Kier molecular flexibility index (Phi) is 10.1. The fraction of sp³-hybridized carbons (Fsp3) is 0.600. The summed E-state index contributed by atoms with van der Waals surface area (Å²) in [5, 5.41) is 9.20. The van der Waals surface area contributed by atoms with Gasteiger partial charge < -0.3 is 15.7 Å². The van der Waals surface area contributed by atoms with Crippen molar-refractivity contribution >= 4 is 5.91 Å². The molecule has 1 amide bonds. The number of pyridine rings is 1. The highest BCUT2D eigenvalue weighted by Crippen LogP contribution is 2.46. The third-order valence-corrected chi connectivity index (χ3v) is 7.14. The van der Waals surface area contributed by atoms with Crippen LogP contribution in [-0.4, -0.2) is 46.1 Å². The molecule has 0 saturated carbocycles. The van der Waals surface area contributed by atoms with Gasteiger partial charge in [0.1, 0.15) is 6.04 Å². The number of carbonyl (C=O) groups is 1. The van der Waals surface area contributed by atoms with Crippen molar-refractivity contribution in [1.29, 1.82) is 0 Å². The Morgan fingerprint density at radius 1 is 1.03 bits per heavy atom. The fourth-order valence-corrected chi connectivity index (χ4v) is 4.74. The number of fused-ring (bicyclic) bond motifs is 1. The molecule has 1 aromatic carbocycles. The molecule has 2 atom stereocenters. The van der Waals surface area contributed by atoms with Crippen molar-refractivity contribution in [2.75, 3.05) is 13.1 Å². The number of hydrogen-bond acceptors (Lipinski definition) is 4. The van der Waals surface area contributed by atoms with E-state index in [4.69, 9.17) is 5.73 Å². The highest BCUT2D eigenvalue weighted by Gasteiger charge is 2.37. The second-order valence-electron chi connectivity index (χ2n) is 11.3. The van der Waals surface area contributed by atoms with Crippen molar-refractivity contribution in [3.8, 4) is 11.3 Å². The maximum atomic E-state index is 11.7. The summed E-state index contributed by atoms with van der Waals surface area (Å²) in [5.74, 6) is -0.149. The first kappa shape index (κ1) is 29.0. The van der Waals surface area contributed by atoms with E-state index in [2.05, 4.69) is 76.0 Å². The number of aliphatic hydroxyl groups excluding tert-OH is 1. The van der Waals surface area contributed by atoms with E-state index >= 15 is 0 Å². The first-order chi connectivity index (χ1) is 16.3. The van der Waals surface area contributed by atoms with Gasteiger partial charge in [-0.05, 0) is 79.7 Å². The molecule has 0 aliphatic heterocycles. The Bertz CT molecular complexity index is 975. The largest absolute Gasteiger partial charge is 0.391 e. The molecule has 1 aliphatic rings. The summed E-state index contributed by atoms with van der Waals surface area (Å²) < 4.78 is 0. The average molecular weight is 482 g/mol. The Balaban J connectivity index is 0.000000271. The number of aryl methyl sites for hydroxylation is 1. The van der Waals surface area contributed by atoms with Crippen LogP contribution in [0.2, 0.25) is 0 Å². The number of aliphatic hydroxyl groups is 1. The zero-order valence-corrected chi connectivity index (χ0v) is 23.2. The van der Waals surface area contributed by atoms with E-state index in [-0.39, 0.29) is 16.7 Å². The topological polar surface area (TPSA) is 79.5 Å². The summed E-state index contributed by atoms with van der Waals surface area (Å²) in [6, 6.07) is 12.4. The number of rotatable bonds is 7. The van der Waals surface area contributed by atoms with E-state index in [9.17, 15) is 9.90 Å². The molecule has 3 N–H and O–H groups in total. The van der Waals surface area contributed by atoms with Crippen molar-refractivity contribution in [3.63, 3.8) is 0 Å². The van der Waals surface area contributed by atoms with Gasteiger partial charge in [0, 0.05) is 24.3 Å². The number of nitrogens with two attached hydrogens (primary N) is 1. The summed E-state index contributed by atoms with van der Waals surface area (Å²) in [7, 11) is 0. The molecule has 5 nitrogen and oxygen atoms in total. The van der Waals surface area contributed by atoms with Crippen LogP contribution in [0.1, 0.15) is 91.0 Å². The molecule has 1 aromatic heterocycles. The highest BCUT2D eigenvalue weighted by molar-refractivity contribution is 5.82.